The molecule has 7 rings (SSSR count). The molecule has 0 radical (unpaired) electrons. The van der Waals surface area contributed by atoms with Gasteiger partial charge in [-0.1, -0.05) is 57.2 Å². The highest BCUT2D eigenvalue weighted by atomic mass is 28.4. The highest BCUT2D eigenvalue weighted by molar-refractivity contribution is 6.74. The van der Waals surface area contributed by atoms with Crippen LogP contribution in [0.3, 0.4) is 0 Å². The molecule has 0 bridgehead atoms. The summed E-state index contributed by atoms with van der Waals surface area (Å²) >= 11 is 0. The third-order valence-corrected chi connectivity index (χ3v) is 17.8. The molecule has 296 valence electrons. The Hall–Kier alpha value is -3.77. The van der Waals surface area contributed by atoms with E-state index in [0.717, 1.165) is 27.9 Å². The van der Waals surface area contributed by atoms with E-state index in [4.69, 9.17) is 13.7 Å². The van der Waals surface area contributed by atoms with E-state index >= 15 is 9.59 Å². The maximum absolute atomic E-state index is 15.7. The Balaban J connectivity index is 1.39. The minimum atomic E-state index is -2.84. The van der Waals surface area contributed by atoms with Crippen LogP contribution in [0.15, 0.2) is 46.5 Å². The number of nitrogens with zero attached hydrogens (tertiary/aromatic N) is 3. The Morgan fingerprint density at radius 3 is 2.29 bits per heavy atom. The maximum atomic E-state index is 15.7. The van der Waals surface area contributed by atoms with Gasteiger partial charge in [0.2, 0.25) is 11.6 Å². The first-order chi connectivity index (χ1) is 25.7. The van der Waals surface area contributed by atoms with E-state index in [1.165, 1.54) is 12.8 Å². The average Bonchev–Trinajstić information content (AvgIpc) is 3.88. The first kappa shape index (κ1) is 39.5. The number of ether oxygens (including phenoxy) is 1. The molecule has 0 unspecified atom stereocenters. The van der Waals surface area contributed by atoms with Crippen molar-refractivity contribution in [1.82, 2.24) is 15.4 Å². The van der Waals surface area contributed by atoms with Crippen LogP contribution < -0.4 is 15.0 Å². The second kappa shape index (κ2) is 13.7. The largest absolute Gasteiger partial charge is 0.507 e. The summed E-state index contributed by atoms with van der Waals surface area (Å²) in [6.45, 7) is 17.9. The Morgan fingerprint density at radius 1 is 1.02 bits per heavy atom. The molecule has 4 aliphatic carbocycles. The molecule has 2 N–H and O–H groups in total. The lowest BCUT2D eigenvalue weighted by atomic mass is 9.57. The smallest absolute Gasteiger partial charge is 0.265 e. The number of Topliss-reactive ketones (excluding diaryl/α,β-unsaturated/α-hetero) is 2. The van der Waals surface area contributed by atoms with Crippen LogP contribution in [0.2, 0.25) is 18.1 Å². The number of fused-ring (bicyclic) bond motifs is 4. The van der Waals surface area contributed by atoms with Gasteiger partial charge in [0, 0.05) is 48.9 Å². The van der Waals surface area contributed by atoms with Gasteiger partial charge in [0.1, 0.15) is 17.9 Å². The summed E-state index contributed by atoms with van der Waals surface area (Å²) in [5.41, 5.74) is 4.27. The Labute approximate surface area is 327 Å². The molecule has 4 atom stereocenters. The third kappa shape index (κ3) is 6.48. The molecule has 0 saturated heterocycles. The number of anilines is 1. The molecule has 4 aliphatic rings. The normalized spacial score (nSPS) is 24.1. The summed E-state index contributed by atoms with van der Waals surface area (Å²) in [7, 11) is 5.13. The third-order valence-electron chi connectivity index (χ3n) is 13.3. The van der Waals surface area contributed by atoms with Crippen molar-refractivity contribution in [2.45, 2.75) is 116 Å². The summed E-state index contributed by atoms with van der Waals surface area (Å²) in [5.74, 6) is -0.861. The molecule has 11 heteroatoms. The number of aromatic nitrogens is 1. The molecule has 1 aromatic heterocycles. The van der Waals surface area contributed by atoms with Gasteiger partial charge in [-0.2, -0.15) is 0 Å². The van der Waals surface area contributed by atoms with Gasteiger partial charge in [-0.15, -0.1) is 0 Å². The quantitative estimate of drug-likeness (QED) is 0.146. The van der Waals surface area contributed by atoms with Crippen LogP contribution in [-0.4, -0.2) is 74.4 Å². The van der Waals surface area contributed by atoms with E-state index < -0.39 is 37.4 Å². The van der Waals surface area contributed by atoms with Crippen molar-refractivity contribution in [2.24, 2.45) is 17.8 Å². The van der Waals surface area contributed by atoms with Gasteiger partial charge in [0.05, 0.1) is 6.04 Å². The van der Waals surface area contributed by atoms with Crippen LogP contribution in [0.25, 0.3) is 5.76 Å². The van der Waals surface area contributed by atoms with Crippen molar-refractivity contribution in [2.75, 3.05) is 33.1 Å². The molecule has 55 heavy (non-hydrogen) atoms. The molecular formula is C44H60N4O6Si. The summed E-state index contributed by atoms with van der Waals surface area (Å²) in [5, 5.41) is 20.3. The fraction of sp³-hybridized carbons (Fsp3) is 0.568. The molecule has 0 amide bonds. The van der Waals surface area contributed by atoms with Crippen LogP contribution in [0.4, 0.5) is 5.69 Å². The van der Waals surface area contributed by atoms with Gasteiger partial charge >= 0.3 is 0 Å². The first-order valence-electron chi connectivity index (χ1n) is 19.8. The van der Waals surface area contributed by atoms with Crippen LogP contribution in [-0.2, 0) is 28.8 Å². The second-order valence-electron chi connectivity index (χ2n) is 19.0. The van der Waals surface area contributed by atoms with Gasteiger partial charge in [-0.25, -0.2) is 0 Å². The fourth-order valence-electron chi connectivity index (χ4n) is 9.29. The van der Waals surface area contributed by atoms with E-state index in [2.05, 4.69) is 69.2 Å². The molecule has 10 nitrogen and oxygen atoms in total. The minimum Gasteiger partial charge on any atom is -0.507 e. The number of carbonyl (C=O) groups is 2. The highest BCUT2D eigenvalue weighted by Crippen LogP contribution is 2.59. The van der Waals surface area contributed by atoms with Gasteiger partial charge in [0.25, 0.3) is 5.88 Å². The number of aliphatic hydroxyl groups is 1. The molecule has 2 fully saturated rings. The predicted octanol–water partition coefficient (Wildman–Crippen LogP) is 8.20. The van der Waals surface area contributed by atoms with Crippen molar-refractivity contribution in [3.63, 3.8) is 0 Å². The van der Waals surface area contributed by atoms with E-state index in [0.29, 0.717) is 36.6 Å². The van der Waals surface area contributed by atoms with Gasteiger partial charge in [-0.3, -0.25) is 14.5 Å². The number of hydrogen-bond donors (Lipinski definition) is 2. The van der Waals surface area contributed by atoms with Crippen LogP contribution in [0.1, 0.15) is 104 Å². The van der Waals surface area contributed by atoms with Crippen molar-refractivity contribution < 1.29 is 28.4 Å². The molecule has 3 aromatic rings. The number of hydrogen-bond acceptors (Lipinski definition) is 10. The van der Waals surface area contributed by atoms with Crippen molar-refractivity contribution >= 4 is 31.3 Å². The standard InChI is InChI=1S/C44H60N4O6Si/c1-25-20-28(23-45-43(5,6)29-18-19-29)35(47(7)8)30-21-27-22-31-36(48(9)10)38-34(41(46-53-38)52-24-26-16-14-13-15-17-26)40(51)44(31,54-55(11,12)42(2,3)4)39(50)33(27)37(49)32(25)30/h13-17,20,27,29,31,36,45,49H,18-19,21-24H2,1-12H3/t27-,31-,36-,44-/m0/s1. The number of aliphatic hydroxyl groups excluding tert-OH is 1. The number of nitrogens with one attached hydrogen (secondary N) is 1. The summed E-state index contributed by atoms with van der Waals surface area (Å²) in [6, 6.07) is 11.3. The van der Waals surface area contributed by atoms with E-state index in [1.807, 2.05) is 70.3 Å². The number of ketones is 2. The van der Waals surface area contributed by atoms with Crippen molar-refractivity contribution in [3.8, 4) is 5.88 Å². The SMILES string of the molecule is Cc1cc(CNC(C)(C)C2CC2)c(N(C)C)c2c1C(O)=C1C(=O)[C@]3(O[Si](C)(C)C(C)(C)C)C(=O)c4c(OCc5ccccc5)noc4[C@@H](N(C)C)[C@@H]3C[C@@H]1C2. The van der Waals surface area contributed by atoms with Crippen LogP contribution >= 0.6 is 0 Å². The number of carbonyl (C=O) groups excluding carboxylic acids is 2. The Kier molecular flexibility index (Phi) is 9.84. The second-order valence-corrected chi connectivity index (χ2v) is 23.7. The van der Waals surface area contributed by atoms with E-state index in [1.54, 1.807) is 0 Å². The van der Waals surface area contributed by atoms with Gasteiger partial charge in [0.15, 0.2) is 19.7 Å². The molecular weight excluding hydrogens is 709 g/mol. The van der Waals surface area contributed by atoms with Gasteiger partial charge in [-0.05, 0) is 118 Å². The summed E-state index contributed by atoms with van der Waals surface area (Å²) in [4.78, 5) is 35.4. The zero-order valence-corrected chi connectivity index (χ0v) is 35.8. The topological polar surface area (TPSA) is 117 Å². The van der Waals surface area contributed by atoms with Crippen LogP contribution in [0, 0.1) is 24.7 Å². The lowest BCUT2D eigenvalue weighted by Gasteiger charge is -2.55. The Morgan fingerprint density at radius 2 is 1.69 bits per heavy atom. The summed E-state index contributed by atoms with van der Waals surface area (Å²) < 4.78 is 19.6. The maximum Gasteiger partial charge on any atom is 0.265 e. The Bertz CT molecular complexity index is 2040. The molecule has 0 spiro atoms. The number of benzene rings is 2. The number of rotatable bonds is 11. The highest BCUT2D eigenvalue weighted by Gasteiger charge is 2.69. The zero-order chi connectivity index (χ0) is 40.0. The molecule has 1 heterocycles. The lowest BCUT2D eigenvalue weighted by molar-refractivity contribution is -0.140. The lowest BCUT2D eigenvalue weighted by Crippen LogP contribution is -2.68. The molecule has 2 aromatic carbocycles. The van der Waals surface area contributed by atoms with Crippen LogP contribution in [0.5, 0.6) is 5.88 Å². The predicted molar refractivity (Wildman–Crippen MR) is 218 cm³/mol. The fourth-order valence-corrected chi connectivity index (χ4v) is 10.7. The molecule has 2 saturated carbocycles. The van der Waals surface area contributed by atoms with E-state index in [-0.39, 0.29) is 45.9 Å². The summed E-state index contributed by atoms with van der Waals surface area (Å²) in [6.07, 6.45) is 3.47. The number of aryl methyl sites for hydroxylation is 1. The zero-order valence-electron chi connectivity index (χ0n) is 34.8. The van der Waals surface area contributed by atoms with Crippen molar-refractivity contribution in [1.29, 1.82) is 0 Å². The monoisotopic (exact) mass is 768 g/mol. The van der Waals surface area contributed by atoms with Gasteiger partial charge < -0.3 is 29.0 Å². The van der Waals surface area contributed by atoms with E-state index in [9.17, 15) is 5.11 Å². The molecule has 0 aliphatic heterocycles. The first-order valence-corrected chi connectivity index (χ1v) is 22.8. The van der Waals surface area contributed by atoms with Crippen molar-refractivity contribution in [3.05, 3.63) is 81.1 Å². The minimum absolute atomic E-state index is 0.0204. The average molecular weight is 769 g/mol.